The molecular formula is C18H20ClNO4. The van der Waals surface area contributed by atoms with Crippen molar-refractivity contribution in [3.05, 3.63) is 53.6 Å². The van der Waals surface area contributed by atoms with Crippen LogP contribution in [0.25, 0.3) is 0 Å². The molecule has 1 atom stereocenters. The average Bonchev–Trinajstić information content (AvgIpc) is 2.60. The number of ether oxygens (including phenoxy) is 3. The van der Waals surface area contributed by atoms with E-state index < -0.39 is 6.10 Å². The first kappa shape index (κ1) is 17.9. The number of benzene rings is 2. The van der Waals surface area contributed by atoms with E-state index in [1.165, 1.54) is 0 Å². The molecule has 2 aromatic carbocycles. The second-order valence-electron chi connectivity index (χ2n) is 4.98. The highest BCUT2D eigenvalue weighted by Crippen LogP contribution is 2.26. The van der Waals surface area contributed by atoms with Crippen LogP contribution in [0.4, 0.5) is 0 Å². The van der Waals surface area contributed by atoms with Crippen LogP contribution in [0.15, 0.2) is 48.5 Å². The molecule has 24 heavy (non-hydrogen) atoms. The number of amides is 1. The predicted molar refractivity (Wildman–Crippen MR) is 93.0 cm³/mol. The van der Waals surface area contributed by atoms with E-state index in [1.807, 2.05) is 24.3 Å². The maximum atomic E-state index is 12.1. The maximum absolute atomic E-state index is 12.1. The van der Waals surface area contributed by atoms with E-state index >= 15 is 0 Å². The van der Waals surface area contributed by atoms with Crippen molar-refractivity contribution in [3.8, 4) is 17.2 Å². The molecule has 6 heteroatoms. The zero-order chi connectivity index (χ0) is 17.4. The topological polar surface area (TPSA) is 56.8 Å². The lowest BCUT2D eigenvalue weighted by Gasteiger charge is -2.16. The van der Waals surface area contributed by atoms with Crippen LogP contribution in [0.2, 0.25) is 5.02 Å². The zero-order valence-electron chi connectivity index (χ0n) is 13.6. The molecule has 0 aliphatic carbocycles. The van der Waals surface area contributed by atoms with Crippen molar-refractivity contribution in [2.24, 2.45) is 0 Å². The molecule has 1 N–H and O–H groups in total. The van der Waals surface area contributed by atoms with Crippen LogP contribution >= 0.6 is 11.6 Å². The molecule has 0 heterocycles. The Balaban J connectivity index is 1.77. The van der Waals surface area contributed by atoms with Crippen LogP contribution in [-0.2, 0) is 4.79 Å². The highest BCUT2D eigenvalue weighted by atomic mass is 35.5. The van der Waals surface area contributed by atoms with E-state index in [2.05, 4.69) is 5.32 Å². The van der Waals surface area contributed by atoms with E-state index in [0.29, 0.717) is 35.4 Å². The molecule has 2 rings (SSSR count). The van der Waals surface area contributed by atoms with Crippen LogP contribution in [-0.4, -0.2) is 32.3 Å². The lowest BCUT2D eigenvalue weighted by Crippen LogP contribution is -2.38. The van der Waals surface area contributed by atoms with E-state index in [1.54, 1.807) is 38.3 Å². The number of nitrogens with one attached hydrogen (secondary N) is 1. The van der Waals surface area contributed by atoms with Crippen molar-refractivity contribution in [2.45, 2.75) is 13.0 Å². The second kappa shape index (κ2) is 9.03. The monoisotopic (exact) mass is 349 g/mol. The molecule has 0 fully saturated rings. The Bertz CT molecular complexity index is 678. The molecule has 5 nitrogen and oxygen atoms in total. The number of carbonyl (C=O) groups excluding carboxylic acids is 1. The third-order valence-electron chi connectivity index (χ3n) is 3.24. The van der Waals surface area contributed by atoms with Gasteiger partial charge in [-0.05, 0) is 31.2 Å². The van der Waals surface area contributed by atoms with Gasteiger partial charge in [0.2, 0.25) is 0 Å². The SMILES string of the molecule is COc1ccccc1O[C@H](C)C(=O)NCCOc1ccccc1Cl. The van der Waals surface area contributed by atoms with Crippen molar-refractivity contribution in [1.82, 2.24) is 5.32 Å². The minimum atomic E-state index is -0.651. The number of hydrogen-bond acceptors (Lipinski definition) is 4. The summed E-state index contributed by atoms with van der Waals surface area (Å²) in [5, 5.41) is 3.30. The number of halogens is 1. The van der Waals surface area contributed by atoms with Gasteiger partial charge < -0.3 is 19.5 Å². The number of rotatable bonds is 8. The highest BCUT2D eigenvalue weighted by Gasteiger charge is 2.16. The summed E-state index contributed by atoms with van der Waals surface area (Å²) in [5.74, 6) is 1.46. The van der Waals surface area contributed by atoms with Crippen LogP contribution < -0.4 is 19.5 Å². The molecule has 0 saturated heterocycles. The third-order valence-corrected chi connectivity index (χ3v) is 3.55. The lowest BCUT2D eigenvalue weighted by atomic mass is 10.3. The summed E-state index contributed by atoms with van der Waals surface area (Å²) >= 11 is 5.99. The minimum absolute atomic E-state index is 0.233. The minimum Gasteiger partial charge on any atom is -0.493 e. The fourth-order valence-electron chi connectivity index (χ4n) is 2.00. The number of methoxy groups -OCH3 is 1. The molecule has 1 amide bonds. The molecule has 0 aromatic heterocycles. The van der Waals surface area contributed by atoms with Crippen LogP contribution in [0, 0.1) is 0 Å². The molecule has 0 radical (unpaired) electrons. The molecule has 0 aliphatic heterocycles. The fourth-order valence-corrected chi connectivity index (χ4v) is 2.19. The van der Waals surface area contributed by atoms with Gasteiger partial charge in [0.1, 0.15) is 12.4 Å². The lowest BCUT2D eigenvalue weighted by molar-refractivity contribution is -0.127. The molecule has 0 spiro atoms. The Morgan fingerprint density at radius 3 is 2.38 bits per heavy atom. The molecule has 0 saturated carbocycles. The summed E-state index contributed by atoms with van der Waals surface area (Å²) in [5.41, 5.74) is 0. The van der Waals surface area contributed by atoms with Crippen molar-refractivity contribution in [1.29, 1.82) is 0 Å². The molecule has 0 unspecified atom stereocenters. The Kier molecular flexibility index (Phi) is 6.75. The van der Waals surface area contributed by atoms with Crippen LogP contribution in [0.1, 0.15) is 6.92 Å². The summed E-state index contributed by atoms with van der Waals surface area (Å²) in [6, 6.07) is 14.4. The smallest absolute Gasteiger partial charge is 0.260 e. The fraction of sp³-hybridized carbons (Fsp3) is 0.278. The van der Waals surface area contributed by atoms with Crippen LogP contribution in [0.3, 0.4) is 0 Å². The van der Waals surface area contributed by atoms with E-state index in [4.69, 9.17) is 25.8 Å². The van der Waals surface area contributed by atoms with Gasteiger partial charge in [-0.2, -0.15) is 0 Å². The Morgan fingerprint density at radius 2 is 1.71 bits per heavy atom. The van der Waals surface area contributed by atoms with Gasteiger partial charge in [0, 0.05) is 0 Å². The van der Waals surface area contributed by atoms with Crippen LogP contribution in [0.5, 0.6) is 17.2 Å². The first-order valence-corrected chi connectivity index (χ1v) is 7.94. The molecule has 128 valence electrons. The Labute approximate surface area is 146 Å². The van der Waals surface area contributed by atoms with E-state index in [0.717, 1.165) is 0 Å². The average molecular weight is 350 g/mol. The third kappa shape index (κ3) is 5.06. The van der Waals surface area contributed by atoms with Gasteiger partial charge in [0.25, 0.3) is 5.91 Å². The van der Waals surface area contributed by atoms with Crippen molar-refractivity contribution in [2.75, 3.05) is 20.3 Å². The Morgan fingerprint density at radius 1 is 1.08 bits per heavy atom. The Hall–Kier alpha value is -2.40. The molecular weight excluding hydrogens is 330 g/mol. The van der Waals surface area contributed by atoms with Gasteiger partial charge in [-0.15, -0.1) is 0 Å². The number of para-hydroxylation sites is 3. The van der Waals surface area contributed by atoms with Crippen molar-refractivity contribution >= 4 is 17.5 Å². The summed E-state index contributed by atoms with van der Waals surface area (Å²) in [6.07, 6.45) is -0.651. The maximum Gasteiger partial charge on any atom is 0.260 e. The van der Waals surface area contributed by atoms with Gasteiger partial charge >= 0.3 is 0 Å². The second-order valence-corrected chi connectivity index (χ2v) is 5.39. The summed E-state index contributed by atoms with van der Waals surface area (Å²) < 4.78 is 16.3. The van der Waals surface area contributed by atoms with Gasteiger partial charge in [-0.1, -0.05) is 35.9 Å². The van der Waals surface area contributed by atoms with E-state index in [9.17, 15) is 4.79 Å². The first-order valence-electron chi connectivity index (χ1n) is 7.56. The number of hydrogen-bond donors (Lipinski definition) is 1. The highest BCUT2D eigenvalue weighted by molar-refractivity contribution is 6.32. The largest absolute Gasteiger partial charge is 0.493 e. The zero-order valence-corrected chi connectivity index (χ0v) is 14.4. The van der Waals surface area contributed by atoms with E-state index in [-0.39, 0.29) is 5.91 Å². The predicted octanol–water partition coefficient (Wildman–Crippen LogP) is 3.31. The summed E-state index contributed by atoms with van der Waals surface area (Å²) in [4.78, 5) is 12.1. The van der Waals surface area contributed by atoms with Crippen molar-refractivity contribution < 1.29 is 19.0 Å². The normalized spacial score (nSPS) is 11.5. The van der Waals surface area contributed by atoms with Gasteiger partial charge in [0.15, 0.2) is 17.6 Å². The molecule has 0 aliphatic rings. The molecule has 2 aromatic rings. The first-order chi connectivity index (χ1) is 11.6. The summed E-state index contributed by atoms with van der Waals surface area (Å²) in [6.45, 7) is 2.34. The van der Waals surface area contributed by atoms with Gasteiger partial charge in [-0.3, -0.25) is 4.79 Å². The van der Waals surface area contributed by atoms with Gasteiger partial charge in [0.05, 0.1) is 18.7 Å². The van der Waals surface area contributed by atoms with Crippen molar-refractivity contribution in [3.63, 3.8) is 0 Å². The molecule has 0 bridgehead atoms. The van der Waals surface area contributed by atoms with Gasteiger partial charge in [-0.25, -0.2) is 0 Å². The standard InChI is InChI=1S/C18H20ClNO4/c1-13(24-17-10-6-5-9-16(17)22-2)18(21)20-11-12-23-15-8-4-3-7-14(15)19/h3-10,13H,11-12H2,1-2H3,(H,20,21)/t13-/m1/s1. The quantitative estimate of drug-likeness (QED) is 0.743. The number of carbonyl (C=O) groups is 1. The summed E-state index contributed by atoms with van der Waals surface area (Å²) in [7, 11) is 1.55.